The molecule has 0 bridgehead atoms. The van der Waals surface area contributed by atoms with Crippen LogP contribution in [0.3, 0.4) is 0 Å². The topological polar surface area (TPSA) is 81.5 Å². The van der Waals surface area contributed by atoms with Gasteiger partial charge in [-0.05, 0) is 34.9 Å². The highest BCUT2D eigenvalue weighted by atomic mass is 16.6. The van der Waals surface area contributed by atoms with Crippen LogP contribution in [-0.2, 0) is 11.3 Å². The van der Waals surface area contributed by atoms with E-state index in [0.717, 1.165) is 16.3 Å². The lowest BCUT2D eigenvalue weighted by Crippen LogP contribution is -2.28. The maximum atomic E-state index is 12.8. The summed E-state index contributed by atoms with van der Waals surface area (Å²) in [7, 11) is 1.52. The van der Waals surface area contributed by atoms with Crippen molar-refractivity contribution in [2.45, 2.75) is 19.6 Å². The first-order valence-corrected chi connectivity index (χ1v) is 8.56. The van der Waals surface area contributed by atoms with Gasteiger partial charge >= 0.3 is 0 Å². The van der Waals surface area contributed by atoms with E-state index in [-0.39, 0.29) is 29.8 Å². The number of carbonyl (C=O) groups excluding carboxylic acids is 1. The van der Waals surface area contributed by atoms with Crippen LogP contribution in [0.2, 0.25) is 0 Å². The molecule has 0 aliphatic rings. The van der Waals surface area contributed by atoms with Crippen molar-refractivity contribution in [1.82, 2.24) is 5.32 Å². The summed E-state index contributed by atoms with van der Waals surface area (Å²) in [6.07, 6.45) is 0. The van der Waals surface area contributed by atoms with Gasteiger partial charge in [-0.15, -0.1) is 0 Å². The summed E-state index contributed by atoms with van der Waals surface area (Å²) in [6.45, 7) is 2.09. The van der Waals surface area contributed by atoms with Gasteiger partial charge in [0.05, 0.1) is 23.1 Å². The fraction of sp³-hybridized carbons (Fsp3) is 0.190. The molecule has 0 heterocycles. The predicted octanol–water partition coefficient (Wildman–Crippen LogP) is 4.39. The SMILES string of the molecule is COCc1ccc([N+](=O)[O-])cc1C(=O)NC(C)c1cccc2ccccc12. The van der Waals surface area contributed by atoms with Gasteiger partial charge in [0.1, 0.15) is 0 Å². The molecule has 0 fully saturated rings. The summed E-state index contributed by atoms with van der Waals surface area (Å²) in [5.74, 6) is -0.369. The van der Waals surface area contributed by atoms with Crippen molar-refractivity contribution in [3.8, 4) is 0 Å². The lowest BCUT2D eigenvalue weighted by atomic mass is 9.99. The van der Waals surface area contributed by atoms with Crippen molar-refractivity contribution < 1.29 is 14.5 Å². The molecule has 1 unspecified atom stereocenters. The Kier molecular flexibility index (Phi) is 5.47. The molecule has 3 rings (SSSR count). The van der Waals surface area contributed by atoms with Gasteiger partial charge in [0.15, 0.2) is 0 Å². The molecule has 1 atom stereocenters. The van der Waals surface area contributed by atoms with Gasteiger partial charge in [-0.2, -0.15) is 0 Å². The molecule has 0 saturated heterocycles. The van der Waals surface area contributed by atoms with Gasteiger partial charge < -0.3 is 10.1 Å². The predicted molar refractivity (Wildman–Crippen MR) is 104 cm³/mol. The summed E-state index contributed by atoms with van der Waals surface area (Å²) in [4.78, 5) is 23.4. The monoisotopic (exact) mass is 364 g/mol. The lowest BCUT2D eigenvalue weighted by molar-refractivity contribution is -0.384. The van der Waals surface area contributed by atoms with Crippen LogP contribution in [0.4, 0.5) is 5.69 Å². The van der Waals surface area contributed by atoms with Crippen LogP contribution in [0.5, 0.6) is 0 Å². The number of carbonyl (C=O) groups is 1. The second-order valence-electron chi connectivity index (χ2n) is 6.30. The number of nitrogens with one attached hydrogen (secondary N) is 1. The number of nitro benzene ring substituents is 1. The molecular weight excluding hydrogens is 344 g/mol. The zero-order chi connectivity index (χ0) is 19.4. The minimum absolute atomic E-state index is 0.127. The highest BCUT2D eigenvalue weighted by molar-refractivity contribution is 5.97. The number of hydrogen-bond donors (Lipinski definition) is 1. The van der Waals surface area contributed by atoms with Crippen molar-refractivity contribution in [1.29, 1.82) is 0 Å². The van der Waals surface area contributed by atoms with Gasteiger partial charge in [0.2, 0.25) is 0 Å². The van der Waals surface area contributed by atoms with Crippen LogP contribution in [0, 0.1) is 10.1 Å². The molecule has 0 aliphatic heterocycles. The second kappa shape index (κ2) is 7.97. The number of rotatable bonds is 6. The average Bonchev–Trinajstić information content (AvgIpc) is 2.67. The van der Waals surface area contributed by atoms with Gasteiger partial charge in [-0.25, -0.2) is 0 Å². The smallest absolute Gasteiger partial charge is 0.270 e. The van der Waals surface area contributed by atoms with Crippen LogP contribution < -0.4 is 5.32 Å². The van der Waals surface area contributed by atoms with Gasteiger partial charge in [0, 0.05) is 19.2 Å². The Labute approximate surface area is 156 Å². The summed E-state index contributed by atoms with van der Waals surface area (Å²) < 4.78 is 5.12. The van der Waals surface area contributed by atoms with Crippen LogP contribution in [0.15, 0.2) is 60.7 Å². The standard InChI is InChI=1S/C21H20N2O4/c1-14(18-9-5-7-15-6-3-4-8-19(15)18)22-21(24)20-12-17(23(25)26)11-10-16(20)13-27-2/h3-12,14H,13H2,1-2H3,(H,22,24). The minimum Gasteiger partial charge on any atom is -0.380 e. The second-order valence-corrected chi connectivity index (χ2v) is 6.30. The zero-order valence-electron chi connectivity index (χ0n) is 15.1. The molecule has 138 valence electrons. The Morgan fingerprint density at radius 3 is 2.63 bits per heavy atom. The Morgan fingerprint density at radius 2 is 1.89 bits per heavy atom. The first kappa shape index (κ1) is 18.5. The Balaban J connectivity index is 1.92. The quantitative estimate of drug-likeness (QED) is 0.520. The third-order valence-electron chi connectivity index (χ3n) is 4.49. The number of amides is 1. The van der Waals surface area contributed by atoms with E-state index in [1.54, 1.807) is 6.07 Å². The molecule has 0 aliphatic carbocycles. The van der Waals surface area contributed by atoms with Crippen LogP contribution in [0.25, 0.3) is 10.8 Å². The lowest BCUT2D eigenvalue weighted by Gasteiger charge is -2.18. The van der Waals surface area contributed by atoms with Crippen LogP contribution in [0.1, 0.15) is 34.5 Å². The van der Waals surface area contributed by atoms with E-state index >= 15 is 0 Å². The van der Waals surface area contributed by atoms with E-state index in [4.69, 9.17) is 4.74 Å². The molecule has 27 heavy (non-hydrogen) atoms. The zero-order valence-corrected chi connectivity index (χ0v) is 15.1. The van der Waals surface area contributed by atoms with E-state index in [1.807, 2.05) is 49.4 Å². The normalized spacial score (nSPS) is 11.9. The van der Waals surface area contributed by atoms with Crippen molar-refractivity contribution in [2.24, 2.45) is 0 Å². The molecule has 3 aromatic rings. The van der Waals surface area contributed by atoms with E-state index < -0.39 is 4.92 Å². The maximum Gasteiger partial charge on any atom is 0.270 e. The average molecular weight is 364 g/mol. The van der Waals surface area contributed by atoms with E-state index in [2.05, 4.69) is 5.32 Å². The fourth-order valence-corrected chi connectivity index (χ4v) is 3.15. The van der Waals surface area contributed by atoms with E-state index in [0.29, 0.717) is 5.56 Å². The summed E-state index contributed by atoms with van der Waals surface area (Å²) >= 11 is 0. The molecule has 6 nitrogen and oxygen atoms in total. The highest BCUT2D eigenvalue weighted by Gasteiger charge is 2.19. The van der Waals surface area contributed by atoms with E-state index in [1.165, 1.54) is 19.2 Å². The molecular formula is C21H20N2O4. The van der Waals surface area contributed by atoms with Crippen LogP contribution >= 0.6 is 0 Å². The number of non-ortho nitro benzene ring substituents is 1. The van der Waals surface area contributed by atoms with Crippen LogP contribution in [-0.4, -0.2) is 17.9 Å². The number of methoxy groups -OCH3 is 1. The third kappa shape index (κ3) is 3.96. The highest BCUT2D eigenvalue weighted by Crippen LogP contribution is 2.25. The van der Waals surface area contributed by atoms with Crippen molar-refractivity contribution in [2.75, 3.05) is 7.11 Å². The van der Waals surface area contributed by atoms with Gasteiger partial charge in [0.25, 0.3) is 11.6 Å². The molecule has 0 saturated carbocycles. The van der Waals surface area contributed by atoms with Gasteiger partial charge in [-0.1, -0.05) is 42.5 Å². The molecule has 1 N–H and O–H groups in total. The van der Waals surface area contributed by atoms with E-state index in [9.17, 15) is 14.9 Å². The third-order valence-corrected chi connectivity index (χ3v) is 4.49. The Morgan fingerprint density at radius 1 is 1.15 bits per heavy atom. The first-order valence-electron chi connectivity index (χ1n) is 8.56. The van der Waals surface area contributed by atoms with Crippen molar-refractivity contribution in [3.63, 3.8) is 0 Å². The number of nitro groups is 1. The summed E-state index contributed by atoms with van der Waals surface area (Å²) in [5, 5.41) is 16.2. The molecule has 0 spiro atoms. The minimum atomic E-state index is -0.512. The number of benzene rings is 3. The molecule has 0 aromatic heterocycles. The number of nitrogens with zero attached hydrogens (tertiary/aromatic N) is 1. The number of hydrogen-bond acceptors (Lipinski definition) is 4. The molecule has 0 radical (unpaired) electrons. The number of ether oxygens (including phenoxy) is 1. The first-order chi connectivity index (χ1) is 13.0. The van der Waals surface area contributed by atoms with Crippen molar-refractivity contribution >= 4 is 22.4 Å². The summed E-state index contributed by atoms with van der Waals surface area (Å²) in [5.41, 5.74) is 1.71. The fourth-order valence-electron chi connectivity index (χ4n) is 3.15. The Hall–Kier alpha value is -3.25. The van der Waals surface area contributed by atoms with Crippen molar-refractivity contribution in [3.05, 3.63) is 87.5 Å². The van der Waals surface area contributed by atoms with Gasteiger partial charge in [-0.3, -0.25) is 14.9 Å². The number of fused-ring (bicyclic) bond motifs is 1. The Bertz CT molecular complexity index is 995. The molecule has 6 heteroatoms. The summed E-state index contributed by atoms with van der Waals surface area (Å²) in [6, 6.07) is 17.8. The largest absolute Gasteiger partial charge is 0.380 e. The maximum absolute atomic E-state index is 12.8. The molecule has 1 amide bonds. The molecule has 3 aromatic carbocycles.